The van der Waals surface area contributed by atoms with Gasteiger partial charge in [-0.15, -0.1) is 0 Å². The van der Waals surface area contributed by atoms with Gasteiger partial charge in [0.25, 0.3) is 5.91 Å². The smallest absolute Gasteiger partial charge is 0.257 e. The molecule has 0 aromatic carbocycles. The molecule has 5 heterocycles. The van der Waals surface area contributed by atoms with E-state index in [2.05, 4.69) is 37.5 Å². The van der Waals surface area contributed by atoms with Crippen LogP contribution in [-0.4, -0.2) is 67.1 Å². The van der Waals surface area contributed by atoms with Crippen LogP contribution in [0.3, 0.4) is 0 Å². The average Bonchev–Trinajstić information content (AvgIpc) is 3.52. The van der Waals surface area contributed by atoms with Crippen LogP contribution in [0.5, 0.6) is 0 Å². The molecule has 1 aliphatic carbocycles. The molecule has 0 radical (unpaired) electrons. The van der Waals surface area contributed by atoms with E-state index in [1.54, 1.807) is 17.6 Å². The molecule has 6 rings (SSSR count). The molecule has 1 saturated carbocycles. The Hall–Kier alpha value is -3.50. The summed E-state index contributed by atoms with van der Waals surface area (Å²) < 4.78 is 9.60. The van der Waals surface area contributed by atoms with E-state index < -0.39 is 5.60 Å². The number of hydrogen-bond donors (Lipinski definition) is 3. The Morgan fingerprint density at radius 3 is 2.92 bits per heavy atom. The molecule has 10 heteroatoms. The van der Waals surface area contributed by atoms with Gasteiger partial charge in [-0.25, -0.2) is 9.97 Å². The van der Waals surface area contributed by atoms with Gasteiger partial charge in [-0.3, -0.25) is 4.79 Å². The monoisotopic (exact) mass is 503 g/mol. The number of aliphatic hydroxyl groups is 1. The normalized spacial score (nSPS) is 24.4. The van der Waals surface area contributed by atoms with Gasteiger partial charge >= 0.3 is 0 Å². The molecule has 3 atom stereocenters. The lowest BCUT2D eigenvalue weighted by Crippen LogP contribution is -2.52. The summed E-state index contributed by atoms with van der Waals surface area (Å²) in [5.74, 6) is 0.437. The highest BCUT2D eigenvalue weighted by Crippen LogP contribution is 2.34. The first-order chi connectivity index (χ1) is 18.0. The summed E-state index contributed by atoms with van der Waals surface area (Å²) >= 11 is 0. The fraction of sp³-hybridized carbons (Fsp3) is 0.481. The fourth-order valence-corrected chi connectivity index (χ4v) is 5.73. The van der Waals surface area contributed by atoms with Crippen LogP contribution in [0, 0.1) is 0 Å². The Bertz CT molecular complexity index is 1450. The van der Waals surface area contributed by atoms with Crippen molar-refractivity contribution in [1.29, 1.82) is 0 Å². The standard InChI is InChI=1S/C27H33N7O3/c1-27(36)10-4-3-9-22(27)32-26(35)19-14-30-34-23(28-2)13-21(31-25(19)34)20-15-33(17-7-6-12-37-16-17)24-18(20)8-5-11-29-24/h5,8,11,13-15,17,22,28,36H,3-4,6-7,9-10,12,16H2,1-2H3,(H,32,35)/t17?,22-,27-/m0/s1. The Morgan fingerprint density at radius 2 is 2.14 bits per heavy atom. The first kappa shape index (κ1) is 23.9. The van der Waals surface area contributed by atoms with Gasteiger partial charge < -0.3 is 25.0 Å². The van der Waals surface area contributed by atoms with Gasteiger partial charge in [0, 0.05) is 43.1 Å². The minimum absolute atomic E-state index is 0.215. The molecule has 1 aliphatic heterocycles. The number of nitrogens with zero attached hydrogens (tertiary/aromatic N) is 5. The third kappa shape index (κ3) is 4.23. The van der Waals surface area contributed by atoms with Crippen LogP contribution in [0.2, 0.25) is 0 Å². The van der Waals surface area contributed by atoms with Gasteiger partial charge in [0.15, 0.2) is 5.65 Å². The third-order valence-corrected chi connectivity index (χ3v) is 7.85. The van der Waals surface area contributed by atoms with Gasteiger partial charge in [0.05, 0.1) is 36.2 Å². The van der Waals surface area contributed by atoms with Crippen LogP contribution < -0.4 is 10.6 Å². The maximum absolute atomic E-state index is 13.4. The first-order valence-electron chi connectivity index (χ1n) is 13.1. The van der Waals surface area contributed by atoms with E-state index in [-0.39, 0.29) is 18.0 Å². The highest BCUT2D eigenvalue weighted by Gasteiger charge is 2.36. The summed E-state index contributed by atoms with van der Waals surface area (Å²) in [6, 6.07) is 5.83. The van der Waals surface area contributed by atoms with Crippen molar-refractivity contribution in [3.63, 3.8) is 0 Å². The van der Waals surface area contributed by atoms with E-state index >= 15 is 0 Å². The molecule has 3 N–H and O–H groups in total. The van der Waals surface area contributed by atoms with Crippen molar-refractivity contribution in [3.05, 3.63) is 42.4 Å². The lowest BCUT2D eigenvalue weighted by atomic mass is 9.81. The van der Waals surface area contributed by atoms with E-state index in [1.165, 1.54) is 0 Å². The van der Waals surface area contributed by atoms with E-state index in [4.69, 9.17) is 9.72 Å². The average molecular weight is 504 g/mol. The van der Waals surface area contributed by atoms with Gasteiger partial charge in [-0.2, -0.15) is 9.61 Å². The molecular weight excluding hydrogens is 470 g/mol. The van der Waals surface area contributed by atoms with Crippen molar-refractivity contribution in [2.45, 2.75) is 63.1 Å². The van der Waals surface area contributed by atoms with Crippen molar-refractivity contribution < 1.29 is 14.6 Å². The highest BCUT2D eigenvalue weighted by atomic mass is 16.5. The summed E-state index contributed by atoms with van der Waals surface area (Å²) in [4.78, 5) is 23.0. The third-order valence-electron chi connectivity index (χ3n) is 7.85. The van der Waals surface area contributed by atoms with E-state index in [0.717, 1.165) is 66.8 Å². The summed E-state index contributed by atoms with van der Waals surface area (Å²) in [7, 11) is 1.82. The van der Waals surface area contributed by atoms with Gasteiger partial charge in [0.1, 0.15) is 17.0 Å². The number of carbonyl (C=O) groups is 1. The largest absolute Gasteiger partial charge is 0.388 e. The molecule has 1 unspecified atom stereocenters. The molecule has 1 amide bonds. The van der Waals surface area contributed by atoms with Crippen LogP contribution in [0.1, 0.15) is 61.8 Å². The predicted octanol–water partition coefficient (Wildman–Crippen LogP) is 3.56. The zero-order valence-electron chi connectivity index (χ0n) is 21.3. The summed E-state index contributed by atoms with van der Waals surface area (Å²) in [5.41, 5.74) is 2.47. The number of amides is 1. The van der Waals surface area contributed by atoms with Crippen molar-refractivity contribution in [2.75, 3.05) is 25.6 Å². The van der Waals surface area contributed by atoms with Crippen LogP contribution >= 0.6 is 0 Å². The van der Waals surface area contributed by atoms with E-state index in [1.807, 2.05) is 25.4 Å². The number of anilines is 1. The van der Waals surface area contributed by atoms with Crippen LogP contribution in [0.15, 0.2) is 36.8 Å². The van der Waals surface area contributed by atoms with E-state index in [9.17, 15) is 9.90 Å². The highest BCUT2D eigenvalue weighted by molar-refractivity contribution is 6.01. The number of carbonyl (C=O) groups excluding carboxylic acids is 1. The lowest BCUT2D eigenvalue weighted by Gasteiger charge is -2.37. The Balaban J connectivity index is 1.43. The number of pyridine rings is 1. The topological polar surface area (TPSA) is 119 Å². The summed E-state index contributed by atoms with van der Waals surface area (Å²) in [6.07, 6.45) is 10.9. The van der Waals surface area contributed by atoms with Crippen molar-refractivity contribution >= 4 is 28.4 Å². The fourth-order valence-electron chi connectivity index (χ4n) is 5.73. The molecule has 4 aromatic rings. The molecular formula is C27H33N7O3. The van der Waals surface area contributed by atoms with Crippen molar-refractivity contribution in [1.82, 2.24) is 29.5 Å². The Morgan fingerprint density at radius 1 is 1.24 bits per heavy atom. The molecule has 0 spiro atoms. The number of fused-ring (bicyclic) bond motifs is 2. The number of ether oxygens (including phenoxy) is 1. The van der Waals surface area contributed by atoms with Gasteiger partial charge in [-0.05, 0) is 44.7 Å². The van der Waals surface area contributed by atoms with E-state index in [0.29, 0.717) is 24.2 Å². The lowest BCUT2D eigenvalue weighted by molar-refractivity contribution is -0.00860. The first-order valence-corrected chi connectivity index (χ1v) is 13.1. The van der Waals surface area contributed by atoms with Gasteiger partial charge in [0.2, 0.25) is 0 Å². The molecule has 2 fully saturated rings. The molecule has 37 heavy (non-hydrogen) atoms. The zero-order valence-corrected chi connectivity index (χ0v) is 21.3. The second-order valence-corrected chi connectivity index (χ2v) is 10.4. The minimum atomic E-state index is -0.927. The van der Waals surface area contributed by atoms with Crippen molar-refractivity contribution in [3.8, 4) is 11.3 Å². The van der Waals surface area contributed by atoms with Crippen LogP contribution in [0.25, 0.3) is 27.9 Å². The zero-order chi connectivity index (χ0) is 25.6. The second kappa shape index (κ2) is 9.42. The Kier molecular flexibility index (Phi) is 6.08. The molecule has 194 valence electrons. The quantitative estimate of drug-likeness (QED) is 0.381. The van der Waals surface area contributed by atoms with Crippen molar-refractivity contribution in [2.24, 2.45) is 0 Å². The molecule has 0 bridgehead atoms. The second-order valence-electron chi connectivity index (χ2n) is 10.4. The number of aromatic nitrogens is 5. The van der Waals surface area contributed by atoms with Crippen LogP contribution in [0.4, 0.5) is 5.82 Å². The van der Waals surface area contributed by atoms with Crippen LogP contribution in [-0.2, 0) is 4.74 Å². The minimum Gasteiger partial charge on any atom is -0.388 e. The summed E-state index contributed by atoms with van der Waals surface area (Å²) in [5, 5.41) is 22.5. The maximum atomic E-state index is 13.4. The molecule has 1 saturated heterocycles. The molecule has 2 aliphatic rings. The van der Waals surface area contributed by atoms with Gasteiger partial charge in [-0.1, -0.05) is 12.8 Å². The SMILES string of the molecule is CNc1cc(-c2cn(C3CCCOC3)c3ncccc23)nc2c(C(=O)N[C@H]3CCCC[C@]3(C)O)cnn12. The predicted molar refractivity (Wildman–Crippen MR) is 141 cm³/mol. The number of rotatable bonds is 5. The number of nitrogens with one attached hydrogen (secondary N) is 2. The molecule has 4 aromatic heterocycles. The summed E-state index contributed by atoms with van der Waals surface area (Å²) in [6.45, 7) is 3.25. The maximum Gasteiger partial charge on any atom is 0.257 e. The molecule has 10 nitrogen and oxygen atoms in total. The number of hydrogen-bond acceptors (Lipinski definition) is 7. The Labute approximate surface area is 215 Å².